The highest BCUT2D eigenvalue weighted by atomic mass is 32.1. The first-order valence-electron chi connectivity index (χ1n) is 4.97. The molecule has 0 bridgehead atoms. The Balaban J connectivity index is 3.07. The quantitative estimate of drug-likeness (QED) is 0.646. The van der Waals surface area contributed by atoms with E-state index in [0.717, 1.165) is 10.5 Å². The monoisotopic (exact) mass is 235 g/mol. The standard InChI is InChI=1S/C12H13NO2S/c1-3-15-12(14)6-10-8(2)11(16)5-4-9(10)7-13/h4-5,16H,3,6H2,1-2H3. The number of thiol groups is 1. The van der Waals surface area contributed by atoms with Crippen LogP contribution in [0.25, 0.3) is 0 Å². The maximum absolute atomic E-state index is 11.4. The number of ether oxygens (including phenoxy) is 1. The molecule has 0 aliphatic heterocycles. The van der Waals surface area contributed by atoms with Gasteiger partial charge in [-0.1, -0.05) is 0 Å². The first kappa shape index (κ1) is 12.6. The molecular weight excluding hydrogens is 222 g/mol. The number of carbonyl (C=O) groups is 1. The smallest absolute Gasteiger partial charge is 0.310 e. The Bertz CT molecular complexity index is 449. The molecular formula is C12H13NO2S. The van der Waals surface area contributed by atoms with Gasteiger partial charge < -0.3 is 4.74 Å². The molecule has 0 radical (unpaired) electrons. The highest BCUT2D eigenvalue weighted by Crippen LogP contribution is 2.21. The van der Waals surface area contributed by atoms with Crippen LogP contribution in [0.4, 0.5) is 0 Å². The summed E-state index contributed by atoms with van der Waals surface area (Å²) in [5.41, 5.74) is 2.06. The van der Waals surface area contributed by atoms with Gasteiger partial charge in [-0.2, -0.15) is 5.26 Å². The zero-order chi connectivity index (χ0) is 12.1. The van der Waals surface area contributed by atoms with Gasteiger partial charge in [-0.15, -0.1) is 12.6 Å². The zero-order valence-electron chi connectivity index (χ0n) is 9.28. The largest absolute Gasteiger partial charge is 0.466 e. The molecule has 4 heteroatoms. The van der Waals surface area contributed by atoms with Gasteiger partial charge in [0.2, 0.25) is 0 Å². The summed E-state index contributed by atoms with van der Waals surface area (Å²) in [6.07, 6.45) is 0.122. The van der Waals surface area contributed by atoms with Crippen LogP contribution < -0.4 is 0 Å². The van der Waals surface area contributed by atoms with Gasteiger partial charge in [0.05, 0.1) is 24.7 Å². The van der Waals surface area contributed by atoms with E-state index in [9.17, 15) is 4.79 Å². The summed E-state index contributed by atoms with van der Waals surface area (Å²) in [4.78, 5) is 12.2. The summed E-state index contributed by atoms with van der Waals surface area (Å²) in [5.74, 6) is -0.318. The highest BCUT2D eigenvalue weighted by Gasteiger charge is 2.13. The lowest BCUT2D eigenvalue weighted by molar-refractivity contribution is -0.142. The summed E-state index contributed by atoms with van der Waals surface area (Å²) in [6, 6.07) is 5.50. The van der Waals surface area contributed by atoms with Crippen molar-refractivity contribution in [1.29, 1.82) is 5.26 Å². The van der Waals surface area contributed by atoms with Crippen molar-refractivity contribution in [3.63, 3.8) is 0 Å². The third-order valence-electron chi connectivity index (χ3n) is 2.32. The number of carbonyl (C=O) groups excluding carboxylic acids is 1. The first-order chi connectivity index (χ1) is 7.60. The van der Waals surface area contributed by atoms with Crippen molar-refractivity contribution in [2.75, 3.05) is 6.61 Å². The minimum Gasteiger partial charge on any atom is -0.466 e. The fourth-order valence-electron chi connectivity index (χ4n) is 1.43. The van der Waals surface area contributed by atoms with E-state index in [4.69, 9.17) is 10.00 Å². The zero-order valence-corrected chi connectivity index (χ0v) is 10.2. The summed E-state index contributed by atoms with van der Waals surface area (Å²) in [7, 11) is 0. The van der Waals surface area contributed by atoms with Crippen LogP contribution in [-0.4, -0.2) is 12.6 Å². The molecule has 0 amide bonds. The van der Waals surface area contributed by atoms with Gasteiger partial charge in [-0.25, -0.2) is 0 Å². The van der Waals surface area contributed by atoms with Crippen molar-refractivity contribution < 1.29 is 9.53 Å². The molecule has 0 atom stereocenters. The Morgan fingerprint density at radius 3 is 2.81 bits per heavy atom. The van der Waals surface area contributed by atoms with Crippen LogP contribution in [0.3, 0.4) is 0 Å². The van der Waals surface area contributed by atoms with E-state index in [1.165, 1.54) is 0 Å². The van der Waals surface area contributed by atoms with Crippen LogP contribution in [-0.2, 0) is 16.0 Å². The molecule has 0 spiro atoms. The normalized spacial score (nSPS) is 9.62. The molecule has 0 N–H and O–H groups in total. The van der Waals surface area contributed by atoms with Gasteiger partial charge in [0.15, 0.2) is 0 Å². The van der Waals surface area contributed by atoms with Gasteiger partial charge in [0.1, 0.15) is 0 Å². The molecule has 0 heterocycles. The van der Waals surface area contributed by atoms with E-state index in [2.05, 4.69) is 18.7 Å². The number of esters is 1. The average Bonchev–Trinajstić information content (AvgIpc) is 2.25. The van der Waals surface area contributed by atoms with Crippen molar-refractivity contribution in [3.8, 4) is 6.07 Å². The van der Waals surface area contributed by atoms with Crippen LogP contribution in [0.1, 0.15) is 23.6 Å². The van der Waals surface area contributed by atoms with Crippen molar-refractivity contribution in [1.82, 2.24) is 0 Å². The van der Waals surface area contributed by atoms with Crippen LogP contribution in [0.5, 0.6) is 0 Å². The van der Waals surface area contributed by atoms with Gasteiger partial charge in [0.25, 0.3) is 0 Å². The van der Waals surface area contributed by atoms with Gasteiger partial charge in [0, 0.05) is 4.90 Å². The third kappa shape index (κ3) is 2.77. The van der Waals surface area contributed by atoms with Crippen molar-refractivity contribution in [3.05, 3.63) is 28.8 Å². The Kier molecular flexibility index (Phi) is 4.39. The number of nitrogens with zero attached hydrogens (tertiary/aromatic N) is 1. The van der Waals surface area contributed by atoms with Gasteiger partial charge >= 0.3 is 5.97 Å². The molecule has 84 valence electrons. The van der Waals surface area contributed by atoms with E-state index >= 15 is 0 Å². The fraction of sp³-hybridized carbons (Fsp3) is 0.333. The highest BCUT2D eigenvalue weighted by molar-refractivity contribution is 7.80. The molecule has 16 heavy (non-hydrogen) atoms. The molecule has 3 nitrogen and oxygen atoms in total. The number of benzene rings is 1. The average molecular weight is 235 g/mol. The molecule has 0 saturated carbocycles. The second kappa shape index (κ2) is 5.57. The summed E-state index contributed by atoms with van der Waals surface area (Å²) < 4.78 is 4.87. The molecule has 0 unspecified atom stereocenters. The summed E-state index contributed by atoms with van der Waals surface area (Å²) in [5, 5.41) is 8.95. The molecule has 0 fully saturated rings. The molecule has 0 aromatic heterocycles. The predicted molar refractivity (Wildman–Crippen MR) is 63.5 cm³/mol. The maximum atomic E-state index is 11.4. The van der Waals surface area contributed by atoms with Crippen molar-refractivity contribution in [2.24, 2.45) is 0 Å². The minimum atomic E-state index is -0.318. The second-order valence-corrected chi connectivity index (χ2v) is 3.81. The molecule has 1 rings (SSSR count). The SMILES string of the molecule is CCOC(=O)Cc1c(C#N)ccc(S)c1C. The molecule has 1 aromatic rings. The number of hydrogen-bond donors (Lipinski definition) is 1. The number of nitriles is 1. The Labute approximate surface area is 100 Å². The Morgan fingerprint density at radius 2 is 2.25 bits per heavy atom. The third-order valence-corrected chi connectivity index (χ3v) is 2.80. The Hall–Kier alpha value is -1.47. The van der Waals surface area contributed by atoms with Crippen LogP contribution in [0.2, 0.25) is 0 Å². The summed E-state index contributed by atoms with van der Waals surface area (Å²) >= 11 is 4.27. The van der Waals surface area contributed by atoms with E-state index < -0.39 is 0 Å². The minimum absolute atomic E-state index is 0.122. The van der Waals surface area contributed by atoms with E-state index in [1.54, 1.807) is 19.1 Å². The number of rotatable bonds is 3. The topological polar surface area (TPSA) is 50.1 Å². The predicted octanol–water partition coefficient (Wildman–Crippen LogP) is 2.26. The van der Waals surface area contributed by atoms with Gasteiger partial charge in [-0.3, -0.25) is 4.79 Å². The maximum Gasteiger partial charge on any atom is 0.310 e. The number of hydrogen-bond acceptors (Lipinski definition) is 4. The molecule has 0 aliphatic rings. The lowest BCUT2D eigenvalue weighted by Crippen LogP contribution is -2.10. The van der Waals surface area contributed by atoms with Crippen LogP contribution in [0.15, 0.2) is 17.0 Å². The van der Waals surface area contributed by atoms with Crippen LogP contribution in [0, 0.1) is 18.3 Å². The van der Waals surface area contributed by atoms with E-state index in [-0.39, 0.29) is 12.4 Å². The fourth-order valence-corrected chi connectivity index (χ4v) is 1.64. The van der Waals surface area contributed by atoms with Crippen molar-refractivity contribution in [2.45, 2.75) is 25.2 Å². The van der Waals surface area contributed by atoms with Crippen LogP contribution >= 0.6 is 12.6 Å². The van der Waals surface area contributed by atoms with E-state index in [0.29, 0.717) is 17.7 Å². The van der Waals surface area contributed by atoms with E-state index in [1.807, 2.05) is 6.92 Å². The lowest BCUT2D eigenvalue weighted by Gasteiger charge is -2.09. The summed E-state index contributed by atoms with van der Waals surface area (Å²) in [6.45, 7) is 3.95. The Morgan fingerprint density at radius 1 is 1.56 bits per heavy atom. The first-order valence-corrected chi connectivity index (χ1v) is 5.42. The molecule has 0 saturated heterocycles. The van der Waals surface area contributed by atoms with Crippen molar-refractivity contribution >= 4 is 18.6 Å². The van der Waals surface area contributed by atoms with Gasteiger partial charge in [-0.05, 0) is 37.1 Å². The second-order valence-electron chi connectivity index (χ2n) is 3.33. The molecule has 1 aromatic carbocycles. The lowest BCUT2D eigenvalue weighted by atomic mass is 10.00. The molecule has 0 aliphatic carbocycles.